The summed E-state index contributed by atoms with van der Waals surface area (Å²) >= 11 is 3.32. The van der Waals surface area contributed by atoms with Gasteiger partial charge < -0.3 is 9.47 Å². The summed E-state index contributed by atoms with van der Waals surface area (Å²) in [6, 6.07) is 7.31. The van der Waals surface area contributed by atoms with Crippen molar-refractivity contribution < 1.29 is 9.47 Å². The Morgan fingerprint density at radius 2 is 1.94 bits per heavy atom. The van der Waals surface area contributed by atoms with Gasteiger partial charge in [-0.25, -0.2) is 9.97 Å². The van der Waals surface area contributed by atoms with Crippen molar-refractivity contribution in [1.82, 2.24) is 9.97 Å². The highest BCUT2D eigenvalue weighted by Gasteiger charge is 2.10. The van der Waals surface area contributed by atoms with Crippen molar-refractivity contribution >= 4 is 15.9 Å². The van der Waals surface area contributed by atoms with Gasteiger partial charge in [0, 0.05) is 12.3 Å². The fraction of sp³-hybridized carbons (Fsp3) is 0.167. The van der Waals surface area contributed by atoms with E-state index < -0.39 is 0 Å². The van der Waals surface area contributed by atoms with Crippen LogP contribution < -0.4 is 9.47 Å². The van der Waals surface area contributed by atoms with E-state index in [4.69, 9.17) is 9.47 Å². The molecule has 2 aromatic rings. The first kappa shape index (κ1) is 11.9. The highest BCUT2D eigenvalue weighted by Crippen LogP contribution is 2.31. The molecule has 0 fully saturated rings. The first-order valence-corrected chi connectivity index (χ1v) is 5.75. The van der Waals surface area contributed by atoms with Gasteiger partial charge in [-0.15, -0.1) is 0 Å². The third kappa shape index (κ3) is 2.55. The maximum absolute atomic E-state index is 5.31. The number of halogens is 1. The number of ether oxygens (including phenoxy) is 2. The van der Waals surface area contributed by atoms with Gasteiger partial charge in [0.15, 0.2) is 5.82 Å². The summed E-state index contributed by atoms with van der Waals surface area (Å²) in [5, 5.41) is 0. The van der Waals surface area contributed by atoms with E-state index in [9.17, 15) is 0 Å². The summed E-state index contributed by atoms with van der Waals surface area (Å²) in [5.74, 6) is 2.03. The summed E-state index contributed by atoms with van der Waals surface area (Å²) in [6.07, 6.45) is 1.69. The molecule has 2 rings (SSSR count). The van der Waals surface area contributed by atoms with E-state index in [0.29, 0.717) is 11.6 Å². The summed E-state index contributed by atoms with van der Waals surface area (Å²) < 4.78 is 11.2. The Kier molecular flexibility index (Phi) is 3.58. The van der Waals surface area contributed by atoms with Crippen LogP contribution in [0.5, 0.6) is 11.5 Å². The van der Waals surface area contributed by atoms with Gasteiger partial charge in [-0.1, -0.05) is 0 Å². The Morgan fingerprint density at radius 1 is 1.12 bits per heavy atom. The van der Waals surface area contributed by atoms with Gasteiger partial charge in [0.1, 0.15) is 16.1 Å². The number of rotatable bonds is 3. The van der Waals surface area contributed by atoms with Crippen LogP contribution in [0, 0.1) is 0 Å². The Balaban J connectivity index is 2.51. The fourth-order valence-corrected chi connectivity index (χ4v) is 1.74. The molecule has 1 aromatic heterocycles. The van der Waals surface area contributed by atoms with Crippen molar-refractivity contribution in [2.24, 2.45) is 0 Å². The molecule has 4 nitrogen and oxygen atoms in total. The molecule has 0 N–H and O–H groups in total. The van der Waals surface area contributed by atoms with Gasteiger partial charge >= 0.3 is 0 Å². The van der Waals surface area contributed by atoms with Gasteiger partial charge in [0.25, 0.3) is 0 Å². The van der Waals surface area contributed by atoms with Crippen LogP contribution in [0.1, 0.15) is 0 Å². The van der Waals surface area contributed by atoms with E-state index in [2.05, 4.69) is 25.9 Å². The smallest absolute Gasteiger partial charge is 0.164 e. The number of hydrogen-bond donors (Lipinski definition) is 0. The van der Waals surface area contributed by atoms with E-state index in [1.807, 2.05) is 12.1 Å². The summed E-state index contributed by atoms with van der Waals surface area (Å²) in [6.45, 7) is 0. The quantitative estimate of drug-likeness (QED) is 0.817. The van der Waals surface area contributed by atoms with E-state index in [1.54, 1.807) is 32.5 Å². The van der Waals surface area contributed by atoms with Crippen LogP contribution in [0.4, 0.5) is 0 Å². The highest BCUT2D eigenvalue weighted by atomic mass is 79.9. The predicted molar refractivity (Wildman–Crippen MR) is 68.3 cm³/mol. The molecule has 0 aliphatic carbocycles. The number of benzene rings is 1. The molecular weight excluding hydrogens is 284 g/mol. The molecule has 88 valence electrons. The molecule has 0 saturated carbocycles. The van der Waals surface area contributed by atoms with E-state index in [0.717, 1.165) is 15.9 Å². The van der Waals surface area contributed by atoms with Gasteiger partial charge in [-0.3, -0.25) is 0 Å². The molecule has 0 aliphatic heterocycles. The molecule has 5 heteroatoms. The maximum Gasteiger partial charge on any atom is 0.164 e. The van der Waals surface area contributed by atoms with Crippen molar-refractivity contribution in [3.05, 3.63) is 35.1 Å². The molecule has 0 aliphatic rings. The molecule has 0 atom stereocenters. The SMILES string of the molecule is COc1ccc(-c2nccc(Br)n2)c(OC)c1. The highest BCUT2D eigenvalue weighted by molar-refractivity contribution is 9.10. The fourth-order valence-electron chi connectivity index (χ4n) is 1.45. The van der Waals surface area contributed by atoms with Crippen LogP contribution >= 0.6 is 15.9 Å². The molecule has 17 heavy (non-hydrogen) atoms. The van der Waals surface area contributed by atoms with Crippen LogP contribution in [-0.2, 0) is 0 Å². The zero-order valence-electron chi connectivity index (χ0n) is 9.48. The largest absolute Gasteiger partial charge is 0.497 e. The summed E-state index contributed by atoms with van der Waals surface area (Å²) in [4.78, 5) is 8.50. The number of aromatic nitrogens is 2. The Hall–Kier alpha value is -1.62. The van der Waals surface area contributed by atoms with Crippen molar-refractivity contribution in [3.8, 4) is 22.9 Å². The zero-order valence-corrected chi connectivity index (χ0v) is 11.1. The first-order chi connectivity index (χ1) is 8.24. The van der Waals surface area contributed by atoms with Crippen molar-refractivity contribution in [2.75, 3.05) is 14.2 Å². The maximum atomic E-state index is 5.31. The number of methoxy groups -OCH3 is 2. The van der Waals surface area contributed by atoms with Crippen LogP contribution in [0.2, 0.25) is 0 Å². The van der Waals surface area contributed by atoms with E-state index in [1.165, 1.54) is 0 Å². The van der Waals surface area contributed by atoms with Crippen LogP contribution in [0.3, 0.4) is 0 Å². The third-order valence-electron chi connectivity index (χ3n) is 2.27. The molecule has 0 unspecified atom stereocenters. The first-order valence-electron chi connectivity index (χ1n) is 4.95. The summed E-state index contributed by atoms with van der Waals surface area (Å²) in [7, 11) is 3.22. The predicted octanol–water partition coefficient (Wildman–Crippen LogP) is 2.92. The number of hydrogen-bond acceptors (Lipinski definition) is 4. The van der Waals surface area contributed by atoms with Crippen LogP contribution in [-0.4, -0.2) is 24.2 Å². The Bertz CT molecular complexity index is 532. The molecule has 0 radical (unpaired) electrons. The number of nitrogens with zero attached hydrogens (tertiary/aromatic N) is 2. The lowest BCUT2D eigenvalue weighted by molar-refractivity contribution is 0.395. The standard InChI is InChI=1S/C12H11BrN2O2/c1-16-8-3-4-9(10(7-8)17-2)12-14-6-5-11(13)15-12/h3-7H,1-2H3. The van der Waals surface area contributed by atoms with Gasteiger partial charge in [-0.2, -0.15) is 0 Å². The van der Waals surface area contributed by atoms with Crippen molar-refractivity contribution in [2.45, 2.75) is 0 Å². The zero-order chi connectivity index (χ0) is 12.3. The minimum atomic E-state index is 0.610. The van der Waals surface area contributed by atoms with Crippen LogP contribution in [0.25, 0.3) is 11.4 Å². The Labute approximate surface area is 108 Å². The molecular formula is C12H11BrN2O2. The Morgan fingerprint density at radius 3 is 2.59 bits per heavy atom. The van der Waals surface area contributed by atoms with Gasteiger partial charge in [0.2, 0.25) is 0 Å². The monoisotopic (exact) mass is 294 g/mol. The average Bonchev–Trinajstić information content (AvgIpc) is 2.38. The molecule has 0 spiro atoms. The molecule has 0 saturated heterocycles. The third-order valence-corrected chi connectivity index (χ3v) is 2.71. The van der Waals surface area contributed by atoms with E-state index >= 15 is 0 Å². The van der Waals surface area contributed by atoms with Gasteiger partial charge in [0.05, 0.1) is 19.8 Å². The minimum Gasteiger partial charge on any atom is -0.497 e. The van der Waals surface area contributed by atoms with Crippen molar-refractivity contribution in [1.29, 1.82) is 0 Å². The van der Waals surface area contributed by atoms with Gasteiger partial charge in [-0.05, 0) is 34.1 Å². The lowest BCUT2D eigenvalue weighted by Gasteiger charge is -2.09. The second-order valence-corrected chi connectivity index (χ2v) is 4.08. The second-order valence-electron chi connectivity index (χ2n) is 3.27. The molecule has 1 heterocycles. The summed E-state index contributed by atoms with van der Waals surface area (Å²) in [5.41, 5.74) is 0.828. The average molecular weight is 295 g/mol. The lowest BCUT2D eigenvalue weighted by atomic mass is 10.2. The topological polar surface area (TPSA) is 44.2 Å². The van der Waals surface area contributed by atoms with E-state index in [-0.39, 0.29) is 0 Å². The van der Waals surface area contributed by atoms with Crippen molar-refractivity contribution in [3.63, 3.8) is 0 Å². The molecule has 0 bridgehead atoms. The molecule has 0 amide bonds. The normalized spacial score (nSPS) is 10.1. The molecule has 1 aromatic carbocycles. The minimum absolute atomic E-state index is 0.610. The second kappa shape index (κ2) is 5.14. The lowest BCUT2D eigenvalue weighted by Crippen LogP contribution is -1.94. The van der Waals surface area contributed by atoms with Crippen LogP contribution in [0.15, 0.2) is 35.1 Å².